The lowest BCUT2D eigenvalue weighted by molar-refractivity contribution is -0.123. The maximum absolute atomic E-state index is 12.0. The lowest BCUT2D eigenvalue weighted by Gasteiger charge is -2.19. The molecule has 4 nitrogen and oxygen atoms in total. The molecule has 0 spiro atoms. The highest BCUT2D eigenvalue weighted by Gasteiger charge is 2.22. The van der Waals surface area contributed by atoms with Crippen LogP contribution in [0.1, 0.15) is 12.5 Å². The first-order valence-corrected chi connectivity index (χ1v) is 9.50. The number of phenols is 1. The van der Waals surface area contributed by atoms with Crippen molar-refractivity contribution in [1.82, 2.24) is 5.32 Å². The number of rotatable bonds is 5. The fourth-order valence-corrected chi connectivity index (χ4v) is 3.17. The second-order valence-electron chi connectivity index (χ2n) is 3.99. The minimum absolute atomic E-state index is 0.182. The van der Waals surface area contributed by atoms with Crippen LogP contribution >= 0.6 is 39.0 Å². The van der Waals surface area contributed by atoms with E-state index in [1.54, 1.807) is 18.2 Å². The Morgan fingerprint density at radius 2 is 2.21 bits per heavy atom. The fraction of sp³-hybridized carbons (Fsp3) is 0.273. The van der Waals surface area contributed by atoms with Crippen molar-refractivity contribution in [3.05, 3.63) is 27.3 Å². The highest BCUT2D eigenvalue weighted by Crippen LogP contribution is 2.41. The van der Waals surface area contributed by atoms with Crippen LogP contribution in [0.5, 0.6) is 5.75 Å². The van der Waals surface area contributed by atoms with Crippen LogP contribution in [0.25, 0.3) is 0 Å². The number of carbonyl (C=O) groups excluding carboxylic acids is 2. The molecule has 0 saturated heterocycles. The first-order valence-electron chi connectivity index (χ1n) is 5.39. The molecule has 2 radical (unpaired) electrons. The minimum atomic E-state index is -1.33. The predicted octanol–water partition coefficient (Wildman–Crippen LogP) is 1.93. The van der Waals surface area contributed by atoms with Gasteiger partial charge in [-0.3, -0.25) is 9.59 Å². The van der Waals surface area contributed by atoms with E-state index in [0.29, 0.717) is 9.99 Å². The SMILES string of the molecule is [B]P(P)C(=O)[C@@H](Cc1ccc(O)c(I)c1)NC(C)=O. The topological polar surface area (TPSA) is 66.4 Å². The van der Waals surface area contributed by atoms with E-state index < -0.39 is 13.5 Å². The fourth-order valence-electron chi connectivity index (χ4n) is 1.54. The molecule has 100 valence electrons. The van der Waals surface area contributed by atoms with Crippen LogP contribution in [0.3, 0.4) is 0 Å². The summed E-state index contributed by atoms with van der Waals surface area (Å²) in [4.78, 5) is 23.1. The molecule has 0 aliphatic carbocycles. The molecule has 3 atom stereocenters. The Balaban J connectivity index is 2.90. The largest absolute Gasteiger partial charge is 0.507 e. The number of carbonyl (C=O) groups is 2. The number of benzene rings is 1. The highest BCUT2D eigenvalue weighted by molar-refractivity contribution is 14.1. The molecule has 1 aromatic carbocycles. The van der Waals surface area contributed by atoms with Gasteiger partial charge in [-0.1, -0.05) is 13.6 Å². The molecule has 0 aliphatic heterocycles. The number of nitrogens with one attached hydrogen (secondary N) is 1. The summed E-state index contributed by atoms with van der Waals surface area (Å²) in [6.45, 7) is 1.36. The van der Waals surface area contributed by atoms with Crippen molar-refractivity contribution in [2.45, 2.75) is 19.4 Å². The van der Waals surface area contributed by atoms with E-state index in [2.05, 4.69) is 14.2 Å². The monoisotopic (exact) mass is 407 g/mol. The Hall–Kier alpha value is -0.185. The Labute approximate surface area is 130 Å². The molecular weight excluding hydrogens is 394 g/mol. The molecular formula is C11H13BINO3P2. The van der Waals surface area contributed by atoms with E-state index >= 15 is 0 Å². The molecule has 1 amide bonds. The number of aromatic hydroxyl groups is 1. The van der Waals surface area contributed by atoms with Gasteiger partial charge in [0.15, 0.2) is 5.52 Å². The van der Waals surface area contributed by atoms with Crippen LogP contribution in [0.2, 0.25) is 0 Å². The average molecular weight is 407 g/mol. The van der Waals surface area contributed by atoms with Gasteiger partial charge in [-0.05, 0) is 40.3 Å². The van der Waals surface area contributed by atoms with Crippen LogP contribution in [0.4, 0.5) is 0 Å². The summed E-state index contributed by atoms with van der Waals surface area (Å²) in [5.74, 6) is -0.0763. The van der Waals surface area contributed by atoms with Crippen molar-refractivity contribution in [2.24, 2.45) is 0 Å². The lowest BCUT2D eigenvalue weighted by Crippen LogP contribution is -2.40. The summed E-state index contributed by atoms with van der Waals surface area (Å²) in [6.07, 6.45) is 0.360. The molecule has 0 bridgehead atoms. The molecule has 8 heteroatoms. The van der Waals surface area contributed by atoms with Gasteiger partial charge in [-0.25, -0.2) is 0 Å². The summed E-state index contributed by atoms with van der Waals surface area (Å²) in [5.41, 5.74) is 0.675. The Morgan fingerprint density at radius 1 is 1.58 bits per heavy atom. The quantitative estimate of drug-likeness (QED) is 0.446. The zero-order valence-corrected chi connectivity index (χ0v) is 14.5. The van der Waals surface area contributed by atoms with E-state index in [1.165, 1.54) is 6.92 Å². The average Bonchev–Trinajstić information content (AvgIpc) is 2.31. The van der Waals surface area contributed by atoms with Crippen molar-refractivity contribution in [1.29, 1.82) is 0 Å². The van der Waals surface area contributed by atoms with Gasteiger partial charge in [0.05, 0.1) is 9.61 Å². The van der Waals surface area contributed by atoms with Crippen LogP contribution < -0.4 is 5.32 Å². The van der Waals surface area contributed by atoms with Crippen molar-refractivity contribution >= 4 is 58.0 Å². The first kappa shape index (κ1) is 16.9. The molecule has 1 rings (SSSR count). The number of halogens is 1. The molecule has 19 heavy (non-hydrogen) atoms. The summed E-state index contributed by atoms with van der Waals surface area (Å²) in [6, 6.07) is 4.44. The number of phenolic OH excluding ortho intramolecular Hbond substituents is 1. The van der Waals surface area contributed by atoms with Crippen molar-refractivity contribution in [2.75, 3.05) is 0 Å². The van der Waals surface area contributed by atoms with E-state index in [1.807, 2.05) is 22.6 Å². The van der Waals surface area contributed by atoms with E-state index in [-0.39, 0.29) is 17.2 Å². The van der Waals surface area contributed by atoms with Crippen LogP contribution in [0.15, 0.2) is 18.2 Å². The first-order chi connectivity index (χ1) is 8.81. The predicted molar refractivity (Wildman–Crippen MR) is 89.5 cm³/mol. The van der Waals surface area contributed by atoms with Crippen molar-refractivity contribution in [3.8, 4) is 5.75 Å². The molecule has 2 unspecified atom stereocenters. The molecule has 0 heterocycles. The van der Waals surface area contributed by atoms with E-state index in [4.69, 9.17) is 7.57 Å². The second-order valence-corrected chi connectivity index (χ2v) is 8.08. The molecule has 0 fully saturated rings. The lowest BCUT2D eigenvalue weighted by atomic mass is 10.1. The maximum atomic E-state index is 12.0. The highest BCUT2D eigenvalue weighted by atomic mass is 127. The molecule has 0 aliphatic rings. The maximum Gasteiger partial charge on any atom is 0.217 e. The third-order valence-electron chi connectivity index (χ3n) is 2.38. The molecule has 1 aromatic rings. The van der Waals surface area contributed by atoms with E-state index in [0.717, 1.165) is 5.56 Å². The zero-order valence-electron chi connectivity index (χ0n) is 10.3. The number of hydrogen-bond acceptors (Lipinski definition) is 3. The van der Waals surface area contributed by atoms with Crippen molar-refractivity contribution < 1.29 is 14.7 Å². The normalized spacial score (nSPS) is 13.6. The Kier molecular flexibility index (Phi) is 6.71. The summed E-state index contributed by atoms with van der Waals surface area (Å²) < 4.78 is 0.699. The third kappa shape index (κ3) is 5.37. The standard InChI is InChI=1S/C11H13BINO3P2/c1-6(15)14-9(11(17)19(12)18)5-7-2-3-10(16)8(13)4-7/h2-4,9,16H,5,18H2,1H3,(H,14,15)/t9-,19?/m1/s1. The third-order valence-corrected chi connectivity index (χ3v) is 4.83. The van der Waals surface area contributed by atoms with Gasteiger partial charge < -0.3 is 10.4 Å². The second kappa shape index (κ2) is 7.56. The van der Waals surface area contributed by atoms with E-state index in [9.17, 15) is 14.7 Å². The molecule has 0 aromatic heterocycles. The number of amides is 1. The molecule has 2 N–H and O–H groups in total. The smallest absolute Gasteiger partial charge is 0.217 e. The van der Waals surface area contributed by atoms with Gasteiger partial charge in [0.1, 0.15) is 13.3 Å². The molecule has 0 saturated carbocycles. The van der Waals surface area contributed by atoms with Crippen LogP contribution in [-0.2, 0) is 16.0 Å². The van der Waals surface area contributed by atoms with Gasteiger partial charge in [-0.2, -0.15) is 0 Å². The summed E-state index contributed by atoms with van der Waals surface area (Å²) in [7, 11) is 6.56. The van der Waals surface area contributed by atoms with Crippen LogP contribution in [0, 0.1) is 3.57 Å². The Morgan fingerprint density at radius 3 is 2.68 bits per heavy atom. The summed E-state index contributed by atoms with van der Waals surface area (Å²) in [5, 5.41) is 12.1. The zero-order chi connectivity index (χ0) is 14.6. The minimum Gasteiger partial charge on any atom is -0.507 e. The van der Waals surface area contributed by atoms with Gasteiger partial charge in [0.2, 0.25) is 5.91 Å². The van der Waals surface area contributed by atoms with Gasteiger partial charge in [0, 0.05) is 13.3 Å². The van der Waals surface area contributed by atoms with Crippen molar-refractivity contribution in [3.63, 3.8) is 0 Å². The van der Waals surface area contributed by atoms with Crippen LogP contribution in [-0.4, -0.2) is 30.1 Å². The Bertz CT molecular complexity index is 499. The number of hydrogen-bond donors (Lipinski definition) is 2. The summed E-state index contributed by atoms with van der Waals surface area (Å²) >= 11 is 2.01. The van der Waals surface area contributed by atoms with Gasteiger partial charge >= 0.3 is 0 Å². The van der Waals surface area contributed by atoms with Gasteiger partial charge in [0.25, 0.3) is 0 Å². The van der Waals surface area contributed by atoms with Gasteiger partial charge in [-0.15, -0.1) is 8.93 Å².